The van der Waals surface area contributed by atoms with Gasteiger partial charge in [0.1, 0.15) is 17.2 Å². The van der Waals surface area contributed by atoms with Gasteiger partial charge in [0, 0.05) is 17.3 Å². The van der Waals surface area contributed by atoms with Crippen LogP contribution in [0.1, 0.15) is 46.6 Å². The predicted octanol–water partition coefficient (Wildman–Crippen LogP) is 6.59. The van der Waals surface area contributed by atoms with Crippen molar-refractivity contribution in [2.75, 3.05) is 5.32 Å². The molecule has 0 aliphatic heterocycles. The van der Waals surface area contributed by atoms with Crippen molar-refractivity contribution in [3.63, 3.8) is 0 Å². The second-order valence-corrected chi connectivity index (χ2v) is 9.43. The quantitative estimate of drug-likeness (QED) is 0.562. The second-order valence-electron chi connectivity index (χ2n) is 9.00. The van der Waals surface area contributed by atoms with Gasteiger partial charge in [-0.25, -0.2) is 4.98 Å². The molecule has 3 aromatic rings. The fraction of sp³-hybridized carbons (Fsp3) is 0.409. The first-order valence-corrected chi connectivity index (χ1v) is 9.45. The number of pyridine rings is 1. The maximum atomic E-state index is 6.27. The number of nitrogens with zero attached hydrogens (tertiary/aromatic N) is 2. The zero-order valence-electron chi connectivity index (χ0n) is 16.5. The number of aromatic nitrogens is 2. The Morgan fingerprint density at radius 3 is 2.27 bits per heavy atom. The number of fused-ring (bicyclic) bond motifs is 1. The zero-order valence-corrected chi connectivity index (χ0v) is 17.3. The third-order valence-electron chi connectivity index (χ3n) is 4.34. The van der Waals surface area contributed by atoms with Gasteiger partial charge < -0.3 is 5.32 Å². The minimum Gasteiger partial charge on any atom is -0.364 e. The minimum absolute atomic E-state index is 0.0873. The normalized spacial score (nSPS) is 12.6. The Hall–Kier alpha value is -2.00. The molecular formula is C22H28ClN3. The van der Waals surface area contributed by atoms with Crippen molar-refractivity contribution in [2.24, 2.45) is 5.41 Å². The van der Waals surface area contributed by atoms with E-state index in [9.17, 15) is 0 Å². The van der Waals surface area contributed by atoms with E-state index in [-0.39, 0.29) is 11.0 Å². The van der Waals surface area contributed by atoms with Gasteiger partial charge in [-0.1, -0.05) is 62.2 Å². The summed E-state index contributed by atoms with van der Waals surface area (Å²) in [5.41, 5.74) is 4.31. The number of nitrogens with one attached hydrogen (secondary N) is 1. The van der Waals surface area contributed by atoms with Crippen molar-refractivity contribution < 1.29 is 0 Å². The maximum absolute atomic E-state index is 6.27. The zero-order chi connectivity index (χ0) is 19.1. The Morgan fingerprint density at radius 1 is 1.00 bits per heavy atom. The Bertz CT molecular complexity index is 915. The van der Waals surface area contributed by atoms with Gasteiger partial charge in [-0.3, -0.25) is 4.40 Å². The van der Waals surface area contributed by atoms with E-state index in [2.05, 4.69) is 75.5 Å². The van der Waals surface area contributed by atoms with E-state index >= 15 is 0 Å². The summed E-state index contributed by atoms with van der Waals surface area (Å²) < 4.78 is 2.06. The monoisotopic (exact) mass is 369 g/mol. The van der Waals surface area contributed by atoms with Crippen molar-refractivity contribution in [3.8, 4) is 11.3 Å². The molecule has 0 aliphatic rings. The van der Waals surface area contributed by atoms with E-state index in [0.717, 1.165) is 29.1 Å². The Balaban J connectivity index is 2.13. The molecule has 0 radical (unpaired) electrons. The van der Waals surface area contributed by atoms with Crippen LogP contribution in [-0.4, -0.2) is 14.9 Å². The lowest BCUT2D eigenvalue weighted by Gasteiger charge is -2.34. The number of imidazole rings is 1. The highest BCUT2D eigenvalue weighted by atomic mass is 35.5. The largest absolute Gasteiger partial charge is 0.364 e. The van der Waals surface area contributed by atoms with E-state index in [1.54, 1.807) is 0 Å². The molecule has 0 atom stereocenters. The SMILES string of the molecule is Cc1ccc(-c2nc3ccc(Cl)cn3c2NC(C)(C)CC(C)(C)C)cc1. The summed E-state index contributed by atoms with van der Waals surface area (Å²) >= 11 is 6.27. The molecule has 0 fully saturated rings. The van der Waals surface area contributed by atoms with E-state index in [1.807, 2.05) is 18.3 Å². The van der Waals surface area contributed by atoms with Crippen molar-refractivity contribution in [3.05, 3.63) is 53.2 Å². The van der Waals surface area contributed by atoms with Crippen LogP contribution in [0.15, 0.2) is 42.6 Å². The van der Waals surface area contributed by atoms with Crippen LogP contribution >= 0.6 is 11.6 Å². The molecule has 2 heterocycles. The van der Waals surface area contributed by atoms with Gasteiger partial charge in [-0.2, -0.15) is 0 Å². The average Bonchev–Trinajstić information content (AvgIpc) is 2.83. The number of halogens is 1. The number of hydrogen-bond acceptors (Lipinski definition) is 2. The van der Waals surface area contributed by atoms with E-state index in [4.69, 9.17) is 16.6 Å². The summed E-state index contributed by atoms with van der Waals surface area (Å²) in [6, 6.07) is 12.3. The summed E-state index contributed by atoms with van der Waals surface area (Å²) in [6.45, 7) is 13.4. The molecule has 4 heteroatoms. The highest BCUT2D eigenvalue weighted by Crippen LogP contribution is 2.35. The summed E-state index contributed by atoms with van der Waals surface area (Å²) in [6.07, 6.45) is 2.96. The van der Waals surface area contributed by atoms with Gasteiger partial charge in [0.2, 0.25) is 0 Å². The number of aryl methyl sites for hydroxylation is 1. The van der Waals surface area contributed by atoms with Crippen LogP contribution in [0, 0.1) is 12.3 Å². The molecule has 0 saturated heterocycles. The summed E-state index contributed by atoms with van der Waals surface area (Å²) in [7, 11) is 0. The van der Waals surface area contributed by atoms with Gasteiger partial charge >= 0.3 is 0 Å². The maximum Gasteiger partial charge on any atom is 0.139 e. The molecule has 3 nitrogen and oxygen atoms in total. The molecule has 1 aromatic carbocycles. The highest BCUT2D eigenvalue weighted by molar-refractivity contribution is 6.30. The Morgan fingerprint density at radius 2 is 1.65 bits per heavy atom. The van der Waals surface area contributed by atoms with Crippen LogP contribution < -0.4 is 5.32 Å². The van der Waals surface area contributed by atoms with Crippen LogP contribution in [0.25, 0.3) is 16.9 Å². The standard InChI is InChI=1S/C22H28ClN3/c1-15-7-9-16(10-8-15)19-20(25-22(5,6)14-21(2,3)4)26-13-17(23)11-12-18(26)24-19/h7-13,25H,14H2,1-6H3. The molecule has 26 heavy (non-hydrogen) atoms. The van der Waals surface area contributed by atoms with Gasteiger partial charge in [0.15, 0.2) is 0 Å². The minimum atomic E-state index is -0.0873. The molecule has 2 aromatic heterocycles. The topological polar surface area (TPSA) is 29.3 Å². The third kappa shape index (κ3) is 4.21. The van der Waals surface area contributed by atoms with Crippen molar-refractivity contribution in [1.29, 1.82) is 0 Å². The molecule has 138 valence electrons. The molecule has 1 N–H and O–H groups in total. The van der Waals surface area contributed by atoms with Crippen molar-refractivity contribution in [2.45, 2.75) is 53.5 Å². The molecule has 0 amide bonds. The molecule has 3 rings (SSSR count). The fourth-order valence-corrected chi connectivity index (χ4v) is 3.90. The first-order valence-electron chi connectivity index (χ1n) is 9.07. The molecule has 0 bridgehead atoms. The molecular weight excluding hydrogens is 342 g/mol. The van der Waals surface area contributed by atoms with Crippen molar-refractivity contribution >= 4 is 23.1 Å². The van der Waals surface area contributed by atoms with Crippen molar-refractivity contribution in [1.82, 2.24) is 9.38 Å². The third-order valence-corrected chi connectivity index (χ3v) is 4.56. The molecule has 0 spiro atoms. The summed E-state index contributed by atoms with van der Waals surface area (Å²) in [5.74, 6) is 0.987. The second kappa shape index (κ2) is 6.62. The van der Waals surface area contributed by atoms with E-state index in [0.29, 0.717) is 5.02 Å². The van der Waals surface area contributed by atoms with Crippen LogP contribution in [0.2, 0.25) is 5.02 Å². The first kappa shape index (κ1) is 18.8. The number of benzene rings is 1. The molecule has 0 aliphatic carbocycles. The Labute approximate surface area is 161 Å². The number of rotatable bonds is 4. The van der Waals surface area contributed by atoms with Gasteiger partial charge in [0.25, 0.3) is 0 Å². The number of anilines is 1. The smallest absolute Gasteiger partial charge is 0.139 e. The average molecular weight is 370 g/mol. The van der Waals surface area contributed by atoms with Gasteiger partial charge in [-0.15, -0.1) is 0 Å². The highest BCUT2D eigenvalue weighted by Gasteiger charge is 2.28. The summed E-state index contributed by atoms with van der Waals surface area (Å²) in [4.78, 5) is 4.88. The van der Waals surface area contributed by atoms with Gasteiger partial charge in [0.05, 0.1) is 5.02 Å². The molecule has 0 unspecified atom stereocenters. The van der Waals surface area contributed by atoms with Crippen LogP contribution in [0.3, 0.4) is 0 Å². The number of hydrogen-bond donors (Lipinski definition) is 1. The van der Waals surface area contributed by atoms with Crippen LogP contribution in [0.4, 0.5) is 5.82 Å². The van der Waals surface area contributed by atoms with Crippen LogP contribution in [0.5, 0.6) is 0 Å². The van der Waals surface area contributed by atoms with E-state index in [1.165, 1.54) is 5.56 Å². The lowest BCUT2D eigenvalue weighted by Crippen LogP contribution is -2.36. The summed E-state index contributed by atoms with van der Waals surface area (Å²) in [5, 5.41) is 4.44. The fourth-order valence-electron chi connectivity index (χ4n) is 3.74. The predicted molar refractivity (Wildman–Crippen MR) is 112 cm³/mol. The lowest BCUT2D eigenvalue weighted by atomic mass is 9.82. The van der Waals surface area contributed by atoms with Crippen LogP contribution in [-0.2, 0) is 0 Å². The molecule has 0 saturated carbocycles. The lowest BCUT2D eigenvalue weighted by molar-refractivity contribution is 0.302. The van der Waals surface area contributed by atoms with E-state index < -0.39 is 0 Å². The first-order chi connectivity index (χ1) is 12.0. The van der Waals surface area contributed by atoms with Gasteiger partial charge in [-0.05, 0) is 44.7 Å². The Kier molecular flexibility index (Phi) is 4.78.